The number of para-hydroxylation sites is 1. The van der Waals surface area contributed by atoms with Crippen LogP contribution < -0.4 is 4.74 Å². The van der Waals surface area contributed by atoms with Crippen molar-refractivity contribution in [1.82, 2.24) is 14.4 Å². The van der Waals surface area contributed by atoms with Gasteiger partial charge in [0.1, 0.15) is 5.75 Å². The molecule has 0 unspecified atom stereocenters. The van der Waals surface area contributed by atoms with Crippen molar-refractivity contribution in [2.24, 2.45) is 0 Å². The van der Waals surface area contributed by atoms with Gasteiger partial charge >= 0.3 is 0 Å². The van der Waals surface area contributed by atoms with Crippen molar-refractivity contribution in [3.8, 4) is 17.1 Å². The Labute approximate surface area is 135 Å². The quantitative estimate of drug-likeness (QED) is 0.847. The number of rotatable bonds is 4. The van der Waals surface area contributed by atoms with E-state index in [9.17, 15) is 8.42 Å². The first kappa shape index (κ1) is 15.9. The summed E-state index contributed by atoms with van der Waals surface area (Å²) in [5.41, 5.74) is 0.751. The highest BCUT2D eigenvalue weighted by atomic mass is 32.2. The van der Waals surface area contributed by atoms with E-state index in [-0.39, 0.29) is 5.92 Å². The molecule has 7 nitrogen and oxygen atoms in total. The van der Waals surface area contributed by atoms with E-state index in [1.54, 1.807) is 7.11 Å². The smallest absolute Gasteiger partial charge is 0.231 e. The summed E-state index contributed by atoms with van der Waals surface area (Å²) in [6.07, 6.45) is 2.84. The van der Waals surface area contributed by atoms with E-state index in [4.69, 9.17) is 9.26 Å². The van der Waals surface area contributed by atoms with Crippen molar-refractivity contribution in [1.29, 1.82) is 0 Å². The Bertz CT molecular complexity index is 788. The summed E-state index contributed by atoms with van der Waals surface area (Å²) in [4.78, 5) is 4.45. The molecule has 23 heavy (non-hydrogen) atoms. The zero-order valence-electron chi connectivity index (χ0n) is 13.1. The van der Waals surface area contributed by atoms with Gasteiger partial charge in [0.05, 0.1) is 24.8 Å². The van der Waals surface area contributed by atoms with Crippen LogP contribution in [-0.2, 0) is 10.0 Å². The van der Waals surface area contributed by atoms with Crippen molar-refractivity contribution >= 4 is 10.0 Å². The highest BCUT2D eigenvalue weighted by molar-refractivity contribution is 7.88. The SMILES string of the molecule is COc1ccccc1-c1noc([C@@H]2CCCN(S(C)(=O)=O)C2)n1. The second kappa shape index (κ2) is 6.29. The molecule has 1 aromatic carbocycles. The van der Waals surface area contributed by atoms with Gasteiger partial charge in [0.2, 0.25) is 21.7 Å². The molecular weight excluding hydrogens is 318 g/mol. The molecule has 0 amide bonds. The van der Waals surface area contributed by atoms with Gasteiger partial charge in [-0.2, -0.15) is 4.98 Å². The van der Waals surface area contributed by atoms with E-state index in [1.165, 1.54) is 10.6 Å². The van der Waals surface area contributed by atoms with Crippen LogP contribution in [0.15, 0.2) is 28.8 Å². The van der Waals surface area contributed by atoms with Crippen molar-refractivity contribution < 1.29 is 17.7 Å². The predicted molar refractivity (Wildman–Crippen MR) is 84.7 cm³/mol. The number of nitrogens with zero attached hydrogens (tertiary/aromatic N) is 3. The van der Waals surface area contributed by atoms with Gasteiger partial charge in [-0.05, 0) is 25.0 Å². The van der Waals surface area contributed by atoms with E-state index in [0.29, 0.717) is 30.6 Å². The van der Waals surface area contributed by atoms with Crippen LogP contribution >= 0.6 is 0 Å². The van der Waals surface area contributed by atoms with E-state index in [0.717, 1.165) is 18.4 Å². The number of sulfonamides is 1. The fraction of sp³-hybridized carbons (Fsp3) is 0.467. The molecule has 0 bridgehead atoms. The molecule has 0 N–H and O–H groups in total. The fourth-order valence-electron chi connectivity index (χ4n) is 2.79. The summed E-state index contributed by atoms with van der Waals surface area (Å²) in [5.74, 6) is 1.52. The lowest BCUT2D eigenvalue weighted by Crippen LogP contribution is -2.38. The van der Waals surface area contributed by atoms with Gasteiger partial charge in [0.25, 0.3) is 0 Å². The van der Waals surface area contributed by atoms with E-state index < -0.39 is 10.0 Å². The molecule has 0 saturated carbocycles. The van der Waals surface area contributed by atoms with E-state index >= 15 is 0 Å². The van der Waals surface area contributed by atoms with Crippen molar-refractivity contribution in [2.75, 3.05) is 26.5 Å². The number of methoxy groups -OCH3 is 1. The number of benzene rings is 1. The third-order valence-corrected chi connectivity index (χ3v) is 5.26. The Morgan fingerprint density at radius 2 is 2.13 bits per heavy atom. The van der Waals surface area contributed by atoms with Crippen LogP contribution in [0.1, 0.15) is 24.7 Å². The topological polar surface area (TPSA) is 85.5 Å². The van der Waals surface area contributed by atoms with Gasteiger partial charge in [0, 0.05) is 13.1 Å². The summed E-state index contributed by atoms with van der Waals surface area (Å²) >= 11 is 0. The normalized spacial score (nSPS) is 19.7. The Morgan fingerprint density at radius 1 is 1.35 bits per heavy atom. The fourth-order valence-corrected chi connectivity index (χ4v) is 3.70. The molecule has 3 rings (SSSR count). The Morgan fingerprint density at radius 3 is 2.87 bits per heavy atom. The molecule has 8 heteroatoms. The standard InChI is InChI=1S/C15H19N3O4S/c1-21-13-8-4-3-7-12(13)14-16-15(22-17-14)11-6-5-9-18(10-11)23(2,19)20/h3-4,7-8,11H,5-6,9-10H2,1-2H3/t11-/m1/s1. The summed E-state index contributed by atoms with van der Waals surface area (Å²) < 4.78 is 35.6. The Hall–Kier alpha value is -1.93. The molecule has 1 aliphatic rings. The average molecular weight is 337 g/mol. The van der Waals surface area contributed by atoms with Gasteiger partial charge in [-0.15, -0.1) is 0 Å². The number of hydrogen-bond acceptors (Lipinski definition) is 6. The highest BCUT2D eigenvalue weighted by Gasteiger charge is 2.30. The molecule has 1 atom stereocenters. The second-order valence-electron chi connectivity index (χ2n) is 5.62. The average Bonchev–Trinajstić information content (AvgIpc) is 3.04. The minimum atomic E-state index is -3.20. The predicted octanol–water partition coefficient (Wildman–Crippen LogP) is 1.88. The van der Waals surface area contributed by atoms with Crippen LogP contribution in [-0.4, -0.2) is 49.3 Å². The lowest BCUT2D eigenvalue weighted by atomic mass is 10.00. The van der Waals surface area contributed by atoms with Crippen LogP contribution in [0.4, 0.5) is 0 Å². The zero-order valence-corrected chi connectivity index (χ0v) is 13.9. The molecule has 0 aliphatic carbocycles. The molecular formula is C15H19N3O4S. The Balaban J connectivity index is 1.84. The maximum Gasteiger partial charge on any atom is 0.231 e. The molecule has 1 saturated heterocycles. The van der Waals surface area contributed by atoms with Crippen molar-refractivity contribution in [2.45, 2.75) is 18.8 Å². The van der Waals surface area contributed by atoms with Crippen LogP contribution in [0.5, 0.6) is 5.75 Å². The minimum absolute atomic E-state index is 0.0746. The number of ether oxygens (including phenoxy) is 1. The van der Waals surface area contributed by atoms with Gasteiger partial charge in [-0.1, -0.05) is 17.3 Å². The lowest BCUT2D eigenvalue weighted by Gasteiger charge is -2.28. The maximum atomic E-state index is 11.7. The van der Waals surface area contributed by atoms with Crippen LogP contribution in [0.2, 0.25) is 0 Å². The summed E-state index contributed by atoms with van der Waals surface area (Å²) in [6.45, 7) is 0.926. The van der Waals surface area contributed by atoms with Crippen LogP contribution in [0.25, 0.3) is 11.4 Å². The van der Waals surface area contributed by atoms with Gasteiger partial charge < -0.3 is 9.26 Å². The minimum Gasteiger partial charge on any atom is -0.496 e. The number of aromatic nitrogens is 2. The van der Waals surface area contributed by atoms with E-state index in [2.05, 4.69) is 10.1 Å². The number of piperidine rings is 1. The third kappa shape index (κ3) is 3.37. The maximum absolute atomic E-state index is 11.7. The van der Waals surface area contributed by atoms with Gasteiger partial charge in [-0.25, -0.2) is 12.7 Å². The summed E-state index contributed by atoms with van der Waals surface area (Å²) in [5, 5.41) is 4.02. The zero-order chi connectivity index (χ0) is 16.4. The molecule has 2 aromatic rings. The van der Waals surface area contributed by atoms with Crippen LogP contribution in [0.3, 0.4) is 0 Å². The molecule has 0 radical (unpaired) electrons. The summed E-state index contributed by atoms with van der Waals surface area (Å²) in [6, 6.07) is 7.43. The Kier molecular flexibility index (Phi) is 4.36. The number of hydrogen-bond donors (Lipinski definition) is 0. The first-order chi connectivity index (χ1) is 11.0. The van der Waals surface area contributed by atoms with Gasteiger partial charge in [0.15, 0.2) is 0 Å². The second-order valence-corrected chi connectivity index (χ2v) is 7.60. The lowest BCUT2D eigenvalue weighted by molar-refractivity contribution is 0.266. The summed E-state index contributed by atoms with van der Waals surface area (Å²) in [7, 11) is -1.61. The molecule has 1 fully saturated rings. The molecule has 124 valence electrons. The first-order valence-corrected chi connectivity index (χ1v) is 9.26. The van der Waals surface area contributed by atoms with Crippen LogP contribution in [0, 0.1) is 0 Å². The van der Waals surface area contributed by atoms with Crippen molar-refractivity contribution in [3.05, 3.63) is 30.2 Å². The largest absolute Gasteiger partial charge is 0.496 e. The molecule has 2 heterocycles. The molecule has 1 aromatic heterocycles. The van der Waals surface area contributed by atoms with Crippen molar-refractivity contribution in [3.63, 3.8) is 0 Å². The first-order valence-electron chi connectivity index (χ1n) is 7.41. The van der Waals surface area contributed by atoms with E-state index in [1.807, 2.05) is 24.3 Å². The monoisotopic (exact) mass is 337 g/mol. The highest BCUT2D eigenvalue weighted by Crippen LogP contribution is 2.31. The van der Waals surface area contributed by atoms with Gasteiger partial charge in [-0.3, -0.25) is 0 Å². The molecule has 0 spiro atoms. The molecule has 1 aliphatic heterocycles. The third-order valence-electron chi connectivity index (χ3n) is 3.99.